The zero-order valence-corrected chi connectivity index (χ0v) is 15.3. The normalized spacial score (nSPS) is 20.2. The number of allylic oxidation sites excluding steroid dienone is 6. The van der Waals surface area contributed by atoms with Gasteiger partial charge in [-0.3, -0.25) is 4.79 Å². The van der Waals surface area contributed by atoms with Crippen LogP contribution in [-0.4, -0.2) is 37.6 Å². The summed E-state index contributed by atoms with van der Waals surface area (Å²) in [6.07, 6.45) is 19.0. The highest BCUT2D eigenvalue weighted by Gasteiger charge is 2.21. The fourth-order valence-corrected chi connectivity index (χ4v) is 2.85. The molecule has 0 fully saturated rings. The second kappa shape index (κ2) is 11.3. The zero-order valence-electron chi connectivity index (χ0n) is 15.3. The number of nitrogens with one attached hydrogen (secondary N) is 1. The van der Waals surface area contributed by atoms with Crippen LogP contribution in [0.2, 0.25) is 0 Å². The molecule has 0 radical (unpaired) electrons. The molecule has 2 unspecified atom stereocenters. The van der Waals surface area contributed by atoms with Gasteiger partial charge in [0.25, 0.3) is 0 Å². The van der Waals surface area contributed by atoms with E-state index >= 15 is 0 Å². The van der Waals surface area contributed by atoms with Gasteiger partial charge < -0.3 is 5.11 Å². The van der Waals surface area contributed by atoms with Gasteiger partial charge in [-0.15, -0.1) is 10.2 Å². The molecule has 2 atom stereocenters. The van der Waals surface area contributed by atoms with Gasteiger partial charge in [-0.05, 0) is 44.6 Å². The van der Waals surface area contributed by atoms with Crippen LogP contribution in [0.25, 0.3) is 0 Å². The predicted octanol–water partition coefficient (Wildman–Crippen LogP) is 3.26. The second-order valence-electron chi connectivity index (χ2n) is 6.42. The Labute approximate surface area is 154 Å². The molecule has 2 N–H and O–H groups in total. The quantitative estimate of drug-likeness (QED) is 0.361. The minimum Gasteiger partial charge on any atom is -0.392 e. The van der Waals surface area contributed by atoms with E-state index in [4.69, 9.17) is 0 Å². The number of aliphatic hydroxyl groups is 1. The van der Waals surface area contributed by atoms with Crippen molar-refractivity contribution in [1.29, 1.82) is 0 Å². The number of carbonyl (C=O) groups excluding carboxylic acids is 1. The van der Waals surface area contributed by atoms with Crippen LogP contribution in [0.15, 0.2) is 48.1 Å². The number of hydrogen-bond acceptors (Lipinski definition) is 5. The molecule has 6 nitrogen and oxygen atoms in total. The van der Waals surface area contributed by atoms with Gasteiger partial charge in [0.05, 0.1) is 6.10 Å². The lowest BCUT2D eigenvalue weighted by atomic mass is 9.96. The first kappa shape index (κ1) is 20.0. The summed E-state index contributed by atoms with van der Waals surface area (Å²) >= 11 is 0. The van der Waals surface area contributed by atoms with Crippen LogP contribution in [0, 0.1) is 5.92 Å². The maximum atomic E-state index is 12.0. The number of unbranched alkanes of at least 4 members (excludes halogenated alkanes) is 1. The number of nitrogens with zero attached hydrogens (tertiary/aromatic N) is 3. The molecule has 0 bridgehead atoms. The van der Waals surface area contributed by atoms with Gasteiger partial charge in [-0.2, -0.15) is 5.21 Å². The van der Waals surface area contributed by atoms with E-state index in [9.17, 15) is 9.90 Å². The average molecular weight is 356 g/mol. The van der Waals surface area contributed by atoms with Crippen LogP contribution in [0.3, 0.4) is 0 Å². The molecule has 6 heteroatoms. The maximum Gasteiger partial charge on any atom is 0.181 e. The summed E-state index contributed by atoms with van der Waals surface area (Å²) in [5, 5.41) is 23.8. The number of aromatic nitrogens is 4. The van der Waals surface area contributed by atoms with Crippen LogP contribution in [0.4, 0.5) is 0 Å². The molecule has 0 aromatic carbocycles. The van der Waals surface area contributed by atoms with E-state index in [0.29, 0.717) is 12.8 Å². The number of rotatable bonds is 11. The molecule has 1 heterocycles. The molecule has 1 aromatic heterocycles. The Morgan fingerprint density at radius 2 is 2.15 bits per heavy atom. The van der Waals surface area contributed by atoms with Crippen molar-refractivity contribution in [3.63, 3.8) is 0 Å². The highest BCUT2D eigenvalue weighted by atomic mass is 16.3. The smallest absolute Gasteiger partial charge is 0.181 e. The van der Waals surface area contributed by atoms with E-state index in [1.807, 2.05) is 24.3 Å². The molecule has 140 valence electrons. The summed E-state index contributed by atoms with van der Waals surface area (Å²) in [7, 11) is 0. The summed E-state index contributed by atoms with van der Waals surface area (Å²) in [5.41, 5.74) is 0.806. The SMILES string of the molecule is CCC=CCC(O)C/C=C1/C(=O)C=CC1C/C=C\CCCc1nn[nH]n1. The van der Waals surface area contributed by atoms with E-state index in [1.165, 1.54) is 0 Å². The lowest BCUT2D eigenvalue weighted by Gasteiger charge is -2.10. The summed E-state index contributed by atoms with van der Waals surface area (Å²) in [6, 6.07) is 0. The molecular weight excluding hydrogens is 328 g/mol. The Bertz CT molecular complexity index is 659. The van der Waals surface area contributed by atoms with Gasteiger partial charge in [-0.25, -0.2) is 0 Å². The number of carbonyl (C=O) groups is 1. The number of ketones is 1. The molecule has 26 heavy (non-hydrogen) atoms. The summed E-state index contributed by atoms with van der Waals surface area (Å²) in [5.74, 6) is 0.923. The number of hydrogen-bond donors (Lipinski definition) is 2. The molecule has 1 aliphatic rings. The Hall–Kier alpha value is -2.34. The van der Waals surface area contributed by atoms with Crippen molar-refractivity contribution in [2.75, 3.05) is 0 Å². The molecule has 1 aromatic rings. The third-order valence-corrected chi connectivity index (χ3v) is 4.30. The summed E-state index contributed by atoms with van der Waals surface area (Å²) < 4.78 is 0. The van der Waals surface area contributed by atoms with Crippen molar-refractivity contribution in [3.8, 4) is 0 Å². The number of aliphatic hydroxyl groups excluding tert-OH is 1. The molecule has 0 saturated carbocycles. The van der Waals surface area contributed by atoms with Crippen molar-refractivity contribution in [2.24, 2.45) is 5.92 Å². The summed E-state index contributed by atoms with van der Waals surface area (Å²) in [4.78, 5) is 12.0. The van der Waals surface area contributed by atoms with E-state index in [-0.39, 0.29) is 11.7 Å². The van der Waals surface area contributed by atoms with Gasteiger partial charge in [0.15, 0.2) is 11.6 Å². The lowest BCUT2D eigenvalue weighted by Crippen LogP contribution is -2.07. The number of aromatic amines is 1. The monoisotopic (exact) mass is 356 g/mol. The molecule has 0 amide bonds. The first-order valence-corrected chi connectivity index (χ1v) is 9.33. The van der Waals surface area contributed by atoms with E-state index in [1.54, 1.807) is 6.08 Å². The lowest BCUT2D eigenvalue weighted by molar-refractivity contribution is -0.111. The molecule has 0 saturated heterocycles. The van der Waals surface area contributed by atoms with Gasteiger partial charge in [-0.1, -0.05) is 48.6 Å². The first-order valence-electron chi connectivity index (χ1n) is 9.33. The van der Waals surface area contributed by atoms with Crippen molar-refractivity contribution in [2.45, 2.75) is 58.0 Å². The fraction of sp³-hybridized carbons (Fsp3) is 0.500. The van der Waals surface area contributed by atoms with E-state index in [2.05, 4.69) is 39.7 Å². The van der Waals surface area contributed by atoms with Crippen molar-refractivity contribution < 1.29 is 9.90 Å². The van der Waals surface area contributed by atoms with Crippen molar-refractivity contribution in [1.82, 2.24) is 20.6 Å². The van der Waals surface area contributed by atoms with Crippen LogP contribution in [-0.2, 0) is 11.2 Å². The third-order valence-electron chi connectivity index (χ3n) is 4.30. The standard InChI is InChI=1S/C20H28N4O2/c1-2-3-6-10-17(25)13-14-18-16(12-15-19(18)26)9-7-4-5-8-11-20-21-23-24-22-20/h3-4,6-7,12,14-17,25H,2,5,8-11,13H2,1H3,(H,21,22,23,24)/b6-3?,7-4-,18-14+. The number of aryl methyl sites for hydroxylation is 1. The molecule has 1 aliphatic carbocycles. The Morgan fingerprint density at radius 1 is 1.27 bits per heavy atom. The Balaban J connectivity index is 1.73. The number of H-pyrrole nitrogens is 1. The number of tetrazole rings is 1. The maximum absolute atomic E-state index is 12.0. The highest BCUT2D eigenvalue weighted by Crippen LogP contribution is 2.26. The highest BCUT2D eigenvalue weighted by molar-refractivity contribution is 6.07. The van der Waals surface area contributed by atoms with Crippen molar-refractivity contribution >= 4 is 5.78 Å². The molecule has 2 rings (SSSR count). The fourth-order valence-electron chi connectivity index (χ4n) is 2.85. The van der Waals surface area contributed by atoms with E-state index in [0.717, 1.165) is 43.5 Å². The molecule has 0 spiro atoms. The van der Waals surface area contributed by atoms with Crippen molar-refractivity contribution in [3.05, 3.63) is 53.9 Å². The van der Waals surface area contributed by atoms with E-state index < -0.39 is 6.10 Å². The minimum absolute atomic E-state index is 0.0665. The summed E-state index contributed by atoms with van der Waals surface area (Å²) in [6.45, 7) is 2.07. The topological polar surface area (TPSA) is 91.8 Å². The van der Waals surface area contributed by atoms with Crippen LogP contribution < -0.4 is 0 Å². The second-order valence-corrected chi connectivity index (χ2v) is 6.42. The van der Waals surface area contributed by atoms with Gasteiger partial charge in [0.1, 0.15) is 0 Å². The Kier molecular flexibility index (Phi) is 8.69. The minimum atomic E-state index is -0.431. The average Bonchev–Trinajstić information content (AvgIpc) is 3.26. The van der Waals surface area contributed by atoms with Gasteiger partial charge in [0, 0.05) is 17.9 Å². The molecule has 0 aliphatic heterocycles. The largest absolute Gasteiger partial charge is 0.392 e. The van der Waals surface area contributed by atoms with Gasteiger partial charge >= 0.3 is 0 Å². The van der Waals surface area contributed by atoms with Crippen LogP contribution >= 0.6 is 0 Å². The Morgan fingerprint density at radius 3 is 2.92 bits per heavy atom. The third kappa shape index (κ3) is 6.88. The van der Waals surface area contributed by atoms with Crippen LogP contribution in [0.1, 0.15) is 51.3 Å². The molecular formula is C20H28N4O2. The first-order chi connectivity index (χ1) is 12.7. The van der Waals surface area contributed by atoms with Gasteiger partial charge in [0.2, 0.25) is 0 Å². The predicted molar refractivity (Wildman–Crippen MR) is 101 cm³/mol. The van der Waals surface area contributed by atoms with Crippen LogP contribution in [0.5, 0.6) is 0 Å². The zero-order chi connectivity index (χ0) is 18.6.